The van der Waals surface area contributed by atoms with Crippen LogP contribution < -0.4 is 21.6 Å². The minimum Gasteiger partial charge on any atom is -0.445 e. The van der Waals surface area contributed by atoms with Crippen molar-refractivity contribution in [3.8, 4) is 0 Å². The minimum absolute atomic E-state index is 0.0419. The van der Waals surface area contributed by atoms with Gasteiger partial charge in [0.2, 0.25) is 11.8 Å². The van der Waals surface area contributed by atoms with E-state index in [2.05, 4.69) is 16.0 Å². The molecule has 3 aromatic rings. The molecule has 0 bridgehead atoms. The maximum absolute atomic E-state index is 12.9. The van der Waals surface area contributed by atoms with E-state index in [0.717, 1.165) is 5.56 Å². The van der Waals surface area contributed by atoms with Gasteiger partial charge in [-0.3, -0.25) is 19.7 Å². The second-order valence-corrected chi connectivity index (χ2v) is 9.08. The van der Waals surface area contributed by atoms with Crippen molar-refractivity contribution in [1.82, 2.24) is 16.0 Å². The van der Waals surface area contributed by atoms with E-state index in [0.29, 0.717) is 17.4 Å². The van der Waals surface area contributed by atoms with Gasteiger partial charge in [-0.1, -0.05) is 56.7 Å². The molecule has 0 saturated carbocycles. The number of alkyl carbamates (subject to hydrolysis) is 1. The first-order chi connectivity index (χ1) is 18.1. The SMILES string of the molecule is CC[C@H](C)[C@H](NC(=O)OCc1ccccc1)C(=O)N[C@@H](C)C(=O)NC(=O)c1ccc2c(C)cc(=O)oc2c1. The van der Waals surface area contributed by atoms with Crippen molar-refractivity contribution in [2.45, 2.75) is 52.8 Å². The summed E-state index contributed by atoms with van der Waals surface area (Å²) in [4.78, 5) is 62.2. The number of fused-ring (bicyclic) bond motifs is 1. The fourth-order valence-corrected chi connectivity index (χ4v) is 3.72. The van der Waals surface area contributed by atoms with Gasteiger partial charge in [-0.05, 0) is 43.0 Å². The molecule has 3 rings (SSSR count). The molecule has 10 nitrogen and oxygen atoms in total. The van der Waals surface area contributed by atoms with Crippen LogP contribution in [0, 0.1) is 12.8 Å². The van der Waals surface area contributed by atoms with Crippen LogP contribution in [-0.2, 0) is 20.9 Å². The molecule has 0 fully saturated rings. The number of nitrogens with one attached hydrogen (secondary N) is 3. The van der Waals surface area contributed by atoms with E-state index >= 15 is 0 Å². The number of hydrogen-bond acceptors (Lipinski definition) is 7. The van der Waals surface area contributed by atoms with Crippen LogP contribution in [0.1, 0.15) is 48.7 Å². The van der Waals surface area contributed by atoms with Gasteiger partial charge < -0.3 is 19.8 Å². The second kappa shape index (κ2) is 12.7. The predicted octanol–water partition coefficient (Wildman–Crippen LogP) is 3.20. The van der Waals surface area contributed by atoms with Gasteiger partial charge in [-0.15, -0.1) is 0 Å². The maximum atomic E-state index is 12.9. The van der Waals surface area contributed by atoms with Gasteiger partial charge in [0.1, 0.15) is 24.3 Å². The Balaban J connectivity index is 1.60. The predicted molar refractivity (Wildman–Crippen MR) is 140 cm³/mol. The third-order valence-corrected chi connectivity index (χ3v) is 6.18. The lowest BCUT2D eigenvalue weighted by atomic mass is 9.98. The van der Waals surface area contributed by atoms with Gasteiger partial charge in [-0.2, -0.15) is 0 Å². The number of ether oxygens (including phenoxy) is 1. The third kappa shape index (κ3) is 7.28. The molecule has 0 saturated heterocycles. The molecule has 2 aromatic carbocycles. The normalized spacial score (nSPS) is 13.2. The number of carbonyl (C=O) groups is 4. The Hall–Kier alpha value is -4.47. The maximum Gasteiger partial charge on any atom is 0.408 e. The van der Waals surface area contributed by atoms with E-state index in [-0.39, 0.29) is 23.7 Å². The highest BCUT2D eigenvalue weighted by Gasteiger charge is 2.29. The standard InChI is InChI=1S/C28H31N3O7/c1-5-16(2)24(30-28(36)37-15-19-9-7-6-8-10-19)27(35)29-18(4)25(33)31-26(34)20-11-12-21-17(3)13-23(32)38-22(21)14-20/h6-14,16,18,24H,5,15H2,1-4H3,(H,29,35)(H,30,36)(H,31,33,34)/t16-,18-,24-/m0/s1. The molecule has 1 heterocycles. The summed E-state index contributed by atoms with van der Waals surface area (Å²) in [7, 11) is 0. The Bertz CT molecular complexity index is 1380. The first-order valence-corrected chi connectivity index (χ1v) is 12.3. The topological polar surface area (TPSA) is 144 Å². The molecular weight excluding hydrogens is 490 g/mol. The Morgan fingerprint density at radius 1 is 0.947 bits per heavy atom. The van der Waals surface area contributed by atoms with Crippen LogP contribution in [0.25, 0.3) is 11.0 Å². The first kappa shape index (κ1) is 28.1. The summed E-state index contributed by atoms with van der Waals surface area (Å²) in [5.41, 5.74) is 1.28. The highest BCUT2D eigenvalue weighted by molar-refractivity contribution is 6.08. The number of aryl methyl sites for hydroxylation is 1. The Labute approximate surface area is 219 Å². The highest BCUT2D eigenvalue weighted by Crippen LogP contribution is 2.18. The van der Waals surface area contributed by atoms with Crippen molar-refractivity contribution in [3.05, 3.63) is 81.7 Å². The third-order valence-electron chi connectivity index (χ3n) is 6.18. The van der Waals surface area contributed by atoms with Gasteiger partial charge in [0.05, 0.1) is 0 Å². The molecule has 0 aliphatic carbocycles. The number of rotatable bonds is 9. The van der Waals surface area contributed by atoms with Crippen molar-refractivity contribution in [2.24, 2.45) is 5.92 Å². The van der Waals surface area contributed by atoms with Crippen LogP contribution in [0.15, 0.2) is 63.8 Å². The molecule has 3 N–H and O–H groups in total. The lowest BCUT2D eigenvalue weighted by Crippen LogP contribution is -2.55. The van der Waals surface area contributed by atoms with Crippen LogP contribution in [-0.4, -0.2) is 35.9 Å². The van der Waals surface area contributed by atoms with Crippen molar-refractivity contribution in [2.75, 3.05) is 0 Å². The quantitative estimate of drug-likeness (QED) is 0.367. The molecule has 4 amide bonds. The minimum atomic E-state index is -1.08. The zero-order valence-electron chi connectivity index (χ0n) is 21.7. The van der Waals surface area contributed by atoms with Crippen LogP contribution >= 0.6 is 0 Å². The monoisotopic (exact) mass is 521 g/mol. The highest BCUT2D eigenvalue weighted by atomic mass is 16.5. The number of hydrogen-bond donors (Lipinski definition) is 3. The van der Waals surface area contributed by atoms with Crippen molar-refractivity contribution < 1.29 is 28.3 Å². The summed E-state index contributed by atoms with van der Waals surface area (Å²) < 4.78 is 10.4. The molecule has 0 radical (unpaired) electrons. The molecular formula is C28H31N3O7. The summed E-state index contributed by atoms with van der Waals surface area (Å²) in [5.74, 6) is -2.31. The summed E-state index contributed by atoms with van der Waals surface area (Å²) in [6.07, 6.45) is -0.187. The number of benzene rings is 2. The Morgan fingerprint density at radius 3 is 2.34 bits per heavy atom. The molecule has 0 unspecified atom stereocenters. The van der Waals surface area contributed by atoms with Crippen molar-refractivity contribution in [1.29, 1.82) is 0 Å². The van der Waals surface area contributed by atoms with Gasteiger partial charge in [0.15, 0.2) is 0 Å². The molecule has 3 atom stereocenters. The van der Waals surface area contributed by atoms with Crippen LogP contribution in [0.4, 0.5) is 4.79 Å². The molecule has 10 heteroatoms. The Kier molecular flexibility index (Phi) is 9.37. The largest absolute Gasteiger partial charge is 0.445 e. The molecule has 1 aromatic heterocycles. The van der Waals surface area contributed by atoms with Gasteiger partial charge in [0, 0.05) is 17.0 Å². The fourth-order valence-electron chi connectivity index (χ4n) is 3.72. The molecule has 200 valence electrons. The lowest BCUT2D eigenvalue weighted by molar-refractivity contribution is -0.129. The smallest absolute Gasteiger partial charge is 0.408 e. The van der Waals surface area contributed by atoms with Crippen molar-refractivity contribution >= 4 is 34.8 Å². The zero-order chi connectivity index (χ0) is 27.8. The number of amides is 4. The van der Waals surface area contributed by atoms with Crippen LogP contribution in [0.2, 0.25) is 0 Å². The van der Waals surface area contributed by atoms with E-state index < -0.39 is 41.5 Å². The fraction of sp³-hybridized carbons (Fsp3) is 0.321. The lowest BCUT2D eigenvalue weighted by Gasteiger charge is -2.25. The molecule has 0 aliphatic rings. The zero-order valence-corrected chi connectivity index (χ0v) is 21.7. The number of imide groups is 1. The van der Waals surface area contributed by atoms with Gasteiger partial charge >= 0.3 is 11.7 Å². The average Bonchev–Trinajstić information content (AvgIpc) is 2.90. The second-order valence-electron chi connectivity index (χ2n) is 9.08. The molecule has 0 spiro atoms. The van der Waals surface area contributed by atoms with Crippen molar-refractivity contribution in [3.63, 3.8) is 0 Å². The van der Waals surface area contributed by atoms with Gasteiger partial charge in [-0.25, -0.2) is 9.59 Å². The summed E-state index contributed by atoms with van der Waals surface area (Å²) >= 11 is 0. The Morgan fingerprint density at radius 2 is 1.66 bits per heavy atom. The van der Waals surface area contributed by atoms with E-state index in [1.54, 1.807) is 19.9 Å². The van der Waals surface area contributed by atoms with E-state index in [9.17, 15) is 24.0 Å². The van der Waals surface area contributed by atoms with Crippen LogP contribution in [0.5, 0.6) is 0 Å². The first-order valence-electron chi connectivity index (χ1n) is 12.3. The molecule has 0 aliphatic heterocycles. The van der Waals surface area contributed by atoms with E-state index in [1.807, 2.05) is 37.3 Å². The van der Waals surface area contributed by atoms with Crippen LogP contribution in [0.3, 0.4) is 0 Å². The summed E-state index contributed by atoms with van der Waals surface area (Å²) in [6, 6.07) is 12.9. The average molecular weight is 522 g/mol. The summed E-state index contributed by atoms with van der Waals surface area (Å²) in [6.45, 7) is 6.86. The summed E-state index contributed by atoms with van der Waals surface area (Å²) in [5, 5.41) is 8.01. The number of carbonyl (C=O) groups excluding carboxylic acids is 4. The van der Waals surface area contributed by atoms with Gasteiger partial charge in [0.25, 0.3) is 5.91 Å². The van der Waals surface area contributed by atoms with E-state index in [1.165, 1.54) is 25.1 Å². The molecule has 38 heavy (non-hydrogen) atoms. The van der Waals surface area contributed by atoms with E-state index in [4.69, 9.17) is 9.15 Å².